The van der Waals surface area contributed by atoms with E-state index in [9.17, 15) is 49.2 Å². The van der Waals surface area contributed by atoms with Gasteiger partial charge in [0.05, 0.1) is 19.3 Å². The molecule has 0 aromatic carbocycles. The largest absolute Gasteiger partial charge is 0.483 e. The molecule has 2 heterocycles. The Labute approximate surface area is 498 Å². The number of allylic oxidation sites excluding steroid dienone is 19. The lowest BCUT2D eigenvalue weighted by atomic mass is 9.95. The summed E-state index contributed by atoms with van der Waals surface area (Å²) in [6.07, 6.45) is 26.6. The molecule has 0 saturated carbocycles. The Kier molecular flexibility index (Phi) is 36.9. The fourth-order valence-electron chi connectivity index (χ4n) is 9.45. The number of phosphoric acid groups is 2. The lowest BCUT2D eigenvalue weighted by molar-refractivity contribution is -0.339. The molecule has 2 fully saturated rings. The van der Waals surface area contributed by atoms with Crippen molar-refractivity contribution in [3.8, 4) is 0 Å². The highest BCUT2D eigenvalue weighted by Gasteiger charge is 2.53. The van der Waals surface area contributed by atoms with Gasteiger partial charge < -0.3 is 54.8 Å². The molecule has 8 N–H and O–H groups in total. The fourth-order valence-corrected chi connectivity index (χ4v) is 11.5. The predicted octanol–water partition coefficient (Wildman–Crippen LogP) is 13.5. The number of rotatable bonds is 38. The molecule has 2 saturated heterocycles. The van der Waals surface area contributed by atoms with Crippen LogP contribution >= 0.6 is 15.6 Å². The van der Waals surface area contributed by atoms with E-state index in [1.54, 1.807) is 0 Å². The first-order chi connectivity index (χ1) is 39.0. The monoisotopic (exact) mass is 1210 g/mol. The molecule has 1 amide bonds. The zero-order valence-electron chi connectivity index (χ0n) is 52.4. The summed E-state index contributed by atoms with van der Waals surface area (Å²) < 4.78 is 56.7. The van der Waals surface area contributed by atoms with Gasteiger partial charge in [0, 0.05) is 6.92 Å². The van der Waals surface area contributed by atoms with Crippen molar-refractivity contribution in [2.45, 2.75) is 267 Å². The predicted molar refractivity (Wildman–Crippen MR) is 331 cm³/mol. The first-order valence-corrected chi connectivity index (χ1v) is 32.8. The number of nitrogens with one attached hydrogen (secondary N) is 1. The number of phosphoric ester groups is 2. The summed E-state index contributed by atoms with van der Waals surface area (Å²) in [6.45, 7) is 25.0. The number of ether oxygens (including phenoxy) is 3. The van der Waals surface area contributed by atoms with Crippen LogP contribution in [-0.2, 0) is 41.5 Å². The lowest BCUT2D eigenvalue weighted by Crippen LogP contribution is -2.67. The number of amides is 1. The molecule has 12 atom stereocenters. The Balaban J connectivity index is 1.69. The topological polar surface area (TPSA) is 260 Å². The van der Waals surface area contributed by atoms with Crippen molar-refractivity contribution in [1.29, 1.82) is 0 Å². The van der Waals surface area contributed by atoms with E-state index in [2.05, 4.69) is 134 Å². The summed E-state index contributed by atoms with van der Waals surface area (Å²) in [5, 5.41) is 54.2. The van der Waals surface area contributed by atoms with Gasteiger partial charge >= 0.3 is 15.6 Å². The summed E-state index contributed by atoms with van der Waals surface area (Å²) in [6, 6.07) is -1.72. The van der Waals surface area contributed by atoms with E-state index in [0.717, 1.165) is 122 Å². The van der Waals surface area contributed by atoms with Crippen molar-refractivity contribution < 1.29 is 76.8 Å². The van der Waals surface area contributed by atoms with E-state index in [1.165, 1.54) is 63.2 Å². The molecule has 0 bridgehead atoms. The minimum atomic E-state index is -5.57. The highest BCUT2D eigenvalue weighted by atomic mass is 31.3. The van der Waals surface area contributed by atoms with E-state index < -0.39 is 96.1 Å². The molecule has 83 heavy (non-hydrogen) atoms. The van der Waals surface area contributed by atoms with Crippen molar-refractivity contribution in [3.63, 3.8) is 0 Å². The molecular formula is C64H107NO16P2. The lowest BCUT2D eigenvalue weighted by Gasteiger charge is -2.46. The Bertz CT molecular complexity index is 2390. The second-order valence-corrected chi connectivity index (χ2v) is 26.2. The molecule has 0 aliphatic carbocycles. The third-order valence-corrected chi connectivity index (χ3v) is 17.4. The molecule has 2 unspecified atom stereocenters. The molecule has 474 valence electrons. The van der Waals surface area contributed by atoms with Gasteiger partial charge in [0.1, 0.15) is 42.7 Å². The van der Waals surface area contributed by atoms with Crippen LogP contribution in [0.4, 0.5) is 0 Å². The minimum absolute atomic E-state index is 0.455. The number of hydrogen-bond acceptors (Lipinski definition) is 14. The van der Waals surface area contributed by atoms with Gasteiger partial charge in [0.25, 0.3) is 0 Å². The fraction of sp³-hybridized carbons (Fsp3) is 0.672. The average Bonchev–Trinajstić information content (AvgIpc) is 3.39. The number of carbonyl (C=O) groups excluding carboxylic acids is 1. The summed E-state index contributed by atoms with van der Waals surface area (Å²) in [5.74, 6) is -0.779. The first-order valence-electron chi connectivity index (χ1n) is 29.8. The van der Waals surface area contributed by atoms with Gasteiger partial charge in [-0.15, -0.1) is 0 Å². The Morgan fingerprint density at radius 1 is 0.470 bits per heavy atom. The molecule has 0 radical (unpaired) electrons. The van der Waals surface area contributed by atoms with Crippen LogP contribution in [0.5, 0.6) is 0 Å². The van der Waals surface area contributed by atoms with Gasteiger partial charge in [0.15, 0.2) is 12.6 Å². The van der Waals surface area contributed by atoms with E-state index in [1.807, 2.05) is 6.92 Å². The van der Waals surface area contributed by atoms with Gasteiger partial charge in [-0.25, -0.2) is 9.13 Å². The third kappa shape index (κ3) is 32.9. The summed E-state index contributed by atoms with van der Waals surface area (Å²) >= 11 is 0. The molecule has 19 heteroatoms. The molecule has 2 rings (SSSR count). The van der Waals surface area contributed by atoms with E-state index in [-0.39, 0.29) is 0 Å². The van der Waals surface area contributed by atoms with E-state index in [0.29, 0.717) is 6.42 Å². The van der Waals surface area contributed by atoms with Crippen LogP contribution in [0, 0.1) is 0 Å². The van der Waals surface area contributed by atoms with Crippen LogP contribution in [0.15, 0.2) is 116 Å². The number of aliphatic hydroxyl groups is 5. The molecule has 2 aliphatic rings. The molecular weight excluding hydrogens is 1100 g/mol. The van der Waals surface area contributed by atoms with E-state index in [4.69, 9.17) is 23.3 Å². The van der Waals surface area contributed by atoms with Gasteiger partial charge in [-0.3, -0.25) is 13.8 Å². The quantitative estimate of drug-likeness (QED) is 0.0211. The zero-order chi connectivity index (χ0) is 62.3. The zero-order valence-corrected chi connectivity index (χ0v) is 54.2. The van der Waals surface area contributed by atoms with E-state index >= 15 is 0 Å². The van der Waals surface area contributed by atoms with Crippen LogP contribution < -0.4 is 5.32 Å². The smallest absolute Gasteiger partial charge is 0.394 e. The molecule has 17 nitrogen and oxygen atoms in total. The average molecular weight is 1210 g/mol. The second kappa shape index (κ2) is 40.3. The Morgan fingerprint density at radius 3 is 1.16 bits per heavy atom. The maximum Gasteiger partial charge on any atom is 0.483 e. The summed E-state index contributed by atoms with van der Waals surface area (Å²) in [4.78, 5) is 32.9. The maximum atomic E-state index is 13.0. The minimum Gasteiger partial charge on any atom is -0.394 e. The number of hydrogen-bond donors (Lipinski definition) is 8. The van der Waals surface area contributed by atoms with Crippen LogP contribution in [0.3, 0.4) is 0 Å². The van der Waals surface area contributed by atoms with Crippen LogP contribution in [0.2, 0.25) is 0 Å². The van der Waals surface area contributed by atoms with Crippen molar-refractivity contribution in [3.05, 3.63) is 116 Å². The number of aliphatic hydroxyl groups excluding tert-OH is 5. The maximum absolute atomic E-state index is 13.0. The Hall–Kier alpha value is -3.19. The van der Waals surface area contributed by atoms with Gasteiger partial charge in [-0.2, -0.15) is 4.31 Å². The van der Waals surface area contributed by atoms with Gasteiger partial charge in [0.2, 0.25) is 5.91 Å². The Morgan fingerprint density at radius 2 is 0.819 bits per heavy atom. The van der Waals surface area contributed by atoms with Crippen molar-refractivity contribution in [2.24, 2.45) is 0 Å². The SMILES string of the molecule is CC(=O)N[C@H]1[C@H](OP(=O)(O)OP(=O)(O)OC/C=C(/C)CC/C=C(/C)CC/C=C(/C)CC/C=C(/C)CC/C=C(/C)CC/C=C(/C)CC/C=C(/C)CC/C=C(/C)CC/C=C(\C)CCC=C(C)C)O[C@H](CO)[C@@H](O[C@@H]2O[C@@H](C)[C@H](O)[C@@H](O)[C@H]2O)[C@@H]1O. The van der Waals surface area contributed by atoms with Gasteiger partial charge in [-0.05, 0) is 199 Å². The van der Waals surface area contributed by atoms with Crippen molar-refractivity contribution in [2.75, 3.05) is 13.2 Å². The standard InChI is InChI=1S/C64H107NO16P2/c1-44(2)23-14-24-45(3)25-15-26-46(4)27-16-28-47(5)29-17-30-48(6)31-18-32-49(7)33-19-34-50(8)35-20-36-51(9)37-21-38-52(10)39-22-40-53(11)41-42-76-82(72,73)81-83(74,75)80-63-57(65-55(13)67)59(69)62(56(43-66)78-63)79-64-61(71)60(70)58(68)54(12)77-64/h23,25,27,29,31,33,35,37,39,41,54,56-64,66,68-71H,14-22,24,26,28,30,32,34,36,38,40,42-43H2,1-13H3,(H,65,67)(H,72,73)(H,74,75)/b45-25+,46-27-,47-29-,48-31-,49-33-,50-35-,51-37-,52-39-,53-41-/t54-,56+,57+,58-,59+,60+,61+,62+,63-,64-/m0/s1. The third-order valence-electron chi connectivity index (χ3n) is 14.8. The summed E-state index contributed by atoms with van der Waals surface area (Å²) in [5.41, 5.74) is 13.7. The van der Waals surface area contributed by atoms with Crippen LogP contribution in [0.25, 0.3) is 0 Å². The second-order valence-electron chi connectivity index (χ2n) is 23.2. The molecule has 0 spiro atoms. The highest BCUT2D eigenvalue weighted by Crippen LogP contribution is 2.61. The van der Waals surface area contributed by atoms with Crippen LogP contribution in [0.1, 0.15) is 206 Å². The van der Waals surface area contributed by atoms with Gasteiger partial charge in [-0.1, -0.05) is 116 Å². The van der Waals surface area contributed by atoms with Crippen molar-refractivity contribution in [1.82, 2.24) is 5.32 Å². The first kappa shape index (κ1) is 75.9. The molecule has 0 aromatic heterocycles. The summed E-state index contributed by atoms with van der Waals surface area (Å²) in [7, 11) is -10.8. The molecule has 0 aromatic rings. The normalized spacial score (nSPS) is 26.4. The van der Waals surface area contributed by atoms with Crippen LogP contribution in [-0.4, -0.2) is 116 Å². The number of carbonyl (C=O) groups is 1. The molecule has 2 aliphatic heterocycles. The van der Waals surface area contributed by atoms with Crippen molar-refractivity contribution >= 4 is 21.6 Å². The highest BCUT2D eigenvalue weighted by molar-refractivity contribution is 7.61.